The van der Waals surface area contributed by atoms with Crippen molar-refractivity contribution < 1.29 is 9.53 Å². The van der Waals surface area contributed by atoms with E-state index in [2.05, 4.69) is 50.3 Å². The van der Waals surface area contributed by atoms with Crippen LogP contribution in [-0.2, 0) is 16.0 Å². The summed E-state index contributed by atoms with van der Waals surface area (Å²) in [4.78, 5) is 12.7. The molecular weight excluding hydrogens is 272 g/mol. The Labute approximate surface area is 133 Å². The van der Waals surface area contributed by atoms with Gasteiger partial charge in [0.25, 0.3) is 0 Å². The van der Waals surface area contributed by atoms with E-state index in [-0.39, 0.29) is 12.0 Å². The molecule has 22 heavy (non-hydrogen) atoms. The number of ether oxygens (including phenoxy) is 1. The summed E-state index contributed by atoms with van der Waals surface area (Å²) in [6.45, 7) is 4.36. The molecule has 0 spiro atoms. The number of ketones is 1. The molecule has 0 aromatic heterocycles. The van der Waals surface area contributed by atoms with Crippen LogP contribution in [0, 0.1) is 0 Å². The van der Waals surface area contributed by atoms with Gasteiger partial charge >= 0.3 is 0 Å². The second-order valence-electron chi connectivity index (χ2n) is 6.63. The van der Waals surface area contributed by atoms with Crippen molar-refractivity contribution in [3.8, 4) is 0 Å². The first-order valence-corrected chi connectivity index (χ1v) is 8.67. The molecule has 2 heterocycles. The SMILES string of the molecule is CCCCCC12C=CC(CC(=O)C1c1ccc(CC)cc1)O2. The fourth-order valence-corrected chi connectivity index (χ4v) is 3.84. The molecule has 1 aromatic rings. The highest BCUT2D eigenvalue weighted by Crippen LogP contribution is 2.47. The fourth-order valence-electron chi connectivity index (χ4n) is 3.84. The average molecular weight is 298 g/mol. The van der Waals surface area contributed by atoms with Crippen LogP contribution in [0.5, 0.6) is 0 Å². The van der Waals surface area contributed by atoms with E-state index in [1.54, 1.807) is 0 Å². The zero-order valence-electron chi connectivity index (χ0n) is 13.7. The second kappa shape index (κ2) is 6.37. The summed E-state index contributed by atoms with van der Waals surface area (Å²) >= 11 is 0. The van der Waals surface area contributed by atoms with E-state index < -0.39 is 5.60 Å². The molecule has 0 aliphatic carbocycles. The van der Waals surface area contributed by atoms with E-state index in [0.29, 0.717) is 12.2 Å². The first-order chi connectivity index (χ1) is 10.7. The lowest BCUT2D eigenvalue weighted by Gasteiger charge is -2.40. The number of rotatable bonds is 6. The van der Waals surface area contributed by atoms with Gasteiger partial charge in [0, 0.05) is 6.42 Å². The molecule has 1 saturated heterocycles. The number of fused-ring (bicyclic) bond motifs is 2. The fraction of sp³-hybridized carbons (Fsp3) is 0.550. The smallest absolute Gasteiger partial charge is 0.146 e. The van der Waals surface area contributed by atoms with Gasteiger partial charge < -0.3 is 4.74 Å². The van der Waals surface area contributed by atoms with Crippen LogP contribution in [0.25, 0.3) is 0 Å². The van der Waals surface area contributed by atoms with Crippen LogP contribution in [0.4, 0.5) is 0 Å². The summed E-state index contributed by atoms with van der Waals surface area (Å²) in [6.07, 6.45) is 10.3. The summed E-state index contributed by atoms with van der Waals surface area (Å²) in [6, 6.07) is 8.54. The molecule has 1 fully saturated rings. The van der Waals surface area contributed by atoms with Crippen LogP contribution < -0.4 is 0 Å². The van der Waals surface area contributed by atoms with Crippen LogP contribution in [0.1, 0.15) is 63.0 Å². The summed E-state index contributed by atoms with van der Waals surface area (Å²) in [5.41, 5.74) is 2.03. The number of carbonyl (C=O) groups excluding carboxylic acids is 1. The maximum Gasteiger partial charge on any atom is 0.146 e. The van der Waals surface area contributed by atoms with Gasteiger partial charge in [-0.05, 0) is 24.0 Å². The minimum Gasteiger partial charge on any atom is -0.362 e. The van der Waals surface area contributed by atoms with Gasteiger partial charge in [-0.2, -0.15) is 0 Å². The number of hydrogen-bond acceptors (Lipinski definition) is 2. The van der Waals surface area contributed by atoms with Gasteiger partial charge in [0.1, 0.15) is 11.4 Å². The zero-order valence-corrected chi connectivity index (χ0v) is 13.7. The van der Waals surface area contributed by atoms with Crippen molar-refractivity contribution in [3.63, 3.8) is 0 Å². The standard InChI is InChI=1S/C20H26O2/c1-3-5-6-12-20-13-11-17(22-20)14-18(21)19(20)16-9-7-15(4-2)8-10-16/h7-11,13,17,19H,3-6,12,14H2,1-2H3. The third kappa shape index (κ3) is 2.77. The molecule has 118 valence electrons. The number of unbranched alkanes of at least 4 members (excludes halogenated alkanes) is 2. The molecule has 0 amide bonds. The maximum absolute atomic E-state index is 12.7. The van der Waals surface area contributed by atoms with Crippen LogP contribution in [0.2, 0.25) is 0 Å². The van der Waals surface area contributed by atoms with E-state index in [4.69, 9.17) is 4.74 Å². The van der Waals surface area contributed by atoms with Gasteiger partial charge in [0.05, 0.1) is 12.0 Å². The molecule has 2 aliphatic heterocycles. The number of Topliss-reactive ketones (excluding diaryl/α,β-unsaturated/α-hetero) is 1. The Kier molecular flexibility index (Phi) is 4.49. The Balaban J connectivity index is 1.90. The summed E-state index contributed by atoms with van der Waals surface area (Å²) in [5, 5.41) is 0. The molecule has 3 atom stereocenters. The lowest BCUT2D eigenvalue weighted by molar-refractivity contribution is -0.143. The minimum absolute atomic E-state index is 0.000270. The van der Waals surface area contributed by atoms with Gasteiger partial charge in [-0.15, -0.1) is 0 Å². The first-order valence-electron chi connectivity index (χ1n) is 8.67. The average Bonchev–Trinajstić information content (AvgIpc) is 2.86. The predicted molar refractivity (Wildman–Crippen MR) is 89.1 cm³/mol. The Bertz CT molecular complexity index is 558. The normalized spacial score (nSPS) is 30.0. The Morgan fingerprint density at radius 1 is 1.18 bits per heavy atom. The lowest BCUT2D eigenvalue weighted by Crippen LogP contribution is -2.45. The Morgan fingerprint density at radius 3 is 2.64 bits per heavy atom. The summed E-state index contributed by atoms with van der Waals surface area (Å²) < 4.78 is 6.29. The molecule has 2 bridgehead atoms. The molecular formula is C20H26O2. The largest absolute Gasteiger partial charge is 0.362 e. The van der Waals surface area contributed by atoms with Gasteiger partial charge in [-0.1, -0.05) is 69.5 Å². The van der Waals surface area contributed by atoms with E-state index in [1.165, 1.54) is 18.4 Å². The molecule has 0 radical (unpaired) electrons. The highest BCUT2D eigenvalue weighted by atomic mass is 16.5. The van der Waals surface area contributed by atoms with Crippen molar-refractivity contribution in [2.45, 2.75) is 70.0 Å². The number of benzene rings is 1. The Morgan fingerprint density at radius 2 is 1.95 bits per heavy atom. The second-order valence-corrected chi connectivity index (χ2v) is 6.63. The van der Waals surface area contributed by atoms with Crippen LogP contribution >= 0.6 is 0 Å². The van der Waals surface area contributed by atoms with Gasteiger partial charge in [0.2, 0.25) is 0 Å². The van der Waals surface area contributed by atoms with Gasteiger partial charge in [0.15, 0.2) is 0 Å². The van der Waals surface area contributed by atoms with Crippen molar-refractivity contribution in [3.05, 3.63) is 47.5 Å². The highest BCUT2D eigenvalue weighted by Gasteiger charge is 2.50. The van der Waals surface area contributed by atoms with Gasteiger partial charge in [-0.25, -0.2) is 0 Å². The Hall–Kier alpha value is -1.41. The van der Waals surface area contributed by atoms with Crippen LogP contribution in [0.15, 0.2) is 36.4 Å². The van der Waals surface area contributed by atoms with Crippen molar-refractivity contribution in [1.82, 2.24) is 0 Å². The first kappa shape index (κ1) is 15.5. The zero-order chi connectivity index (χ0) is 15.6. The molecule has 2 aliphatic rings. The highest BCUT2D eigenvalue weighted by molar-refractivity contribution is 5.89. The van der Waals surface area contributed by atoms with E-state index >= 15 is 0 Å². The molecule has 0 saturated carbocycles. The van der Waals surface area contributed by atoms with E-state index in [1.807, 2.05) is 0 Å². The predicted octanol–water partition coefficient (Wildman–Crippen LogP) is 4.58. The molecule has 0 N–H and O–H groups in total. The summed E-state index contributed by atoms with van der Waals surface area (Å²) in [7, 11) is 0. The van der Waals surface area contributed by atoms with Crippen LogP contribution in [-0.4, -0.2) is 17.5 Å². The third-order valence-corrected chi connectivity index (χ3v) is 5.07. The molecule has 2 nitrogen and oxygen atoms in total. The molecule has 1 aromatic carbocycles. The molecule has 3 rings (SSSR count). The molecule has 3 unspecified atom stereocenters. The lowest BCUT2D eigenvalue weighted by atomic mass is 9.75. The number of aryl methyl sites for hydroxylation is 1. The quantitative estimate of drug-likeness (QED) is 0.567. The molecule has 2 heteroatoms. The maximum atomic E-state index is 12.7. The minimum atomic E-state index is -0.400. The van der Waals surface area contributed by atoms with Crippen molar-refractivity contribution in [2.24, 2.45) is 0 Å². The van der Waals surface area contributed by atoms with E-state index in [9.17, 15) is 4.79 Å². The van der Waals surface area contributed by atoms with Crippen molar-refractivity contribution in [2.75, 3.05) is 0 Å². The third-order valence-electron chi connectivity index (χ3n) is 5.07. The van der Waals surface area contributed by atoms with Crippen LogP contribution in [0.3, 0.4) is 0 Å². The van der Waals surface area contributed by atoms with E-state index in [0.717, 1.165) is 24.8 Å². The van der Waals surface area contributed by atoms with Crippen molar-refractivity contribution in [1.29, 1.82) is 0 Å². The summed E-state index contributed by atoms with van der Waals surface area (Å²) in [5.74, 6) is 0.201. The number of carbonyl (C=O) groups is 1. The topological polar surface area (TPSA) is 26.3 Å². The van der Waals surface area contributed by atoms with Gasteiger partial charge in [-0.3, -0.25) is 4.79 Å². The monoisotopic (exact) mass is 298 g/mol. The van der Waals surface area contributed by atoms with Crippen molar-refractivity contribution >= 4 is 5.78 Å². The number of hydrogen-bond donors (Lipinski definition) is 0.